The van der Waals surface area contributed by atoms with E-state index in [0.717, 1.165) is 141 Å². The van der Waals surface area contributed by atoms with Crippen LogP contribution in [0.5, 0.6) is 0 Å². The summed E-state index contributed by atoms with van der Waals surface area (Å²) < 4.78 is 71.8. The number of benzene rings is 6. The molecule has 4 amide bonds. The Morgan fingerprint density at radius 2 is 0.545 bits per heavy atom. The van der Waals surface area contributed by atoms with Crippen molar-refractivity contribution in [1.29, 1.82) is 0 Å². The van der Waals surface area contributed by atoms with Crippen molar-refractivity contribution in [3.8, 4) is 0 Å². The molecular formula is C96H114F5LiN16O14. The number of carbonyl (C=O) groups excluding carboxylic acids is 5. The van der Waals surface area contributed by atoms with E-state index < -0.39 is 31.0 Å². The van der Waals surface area contributed by atoms with Gasteiger partial charge in [-0.15, -0.1) is 0 Å². The first-order chi connectivity index (χ1) is 63.0. The summed E-state index contributed by atoms with van der Waals surface area (Å²) in [6.45, 7) is 22.3. The summed E-state index contributed by atoms with van der Waals surface area (Å²) in [4.78, 5) is 131. The molecule has 0 atom stereocenters. The summed E-state index contributed by atoms with van der Waals surface area (Å²) >= 11 is 0. The fourth-order valence-electron chi connectivity index (χ4n) is 14.4. The monoisotopic (exact) mass is 1820 g/mol. The molecule has 0 aliphatic carbocycles. The van der Waals surface area contributed by atoms with E-state index in [1.807, 2.05) is 35.2 Å². The minimum Gasteiger partial charge on any atom is -0.870 e. The molecule has 132 heavy (non-hydrogen) atoms. The van der Waals surface area contributed by atoms with Crippen molar-refractivity contribution in [3.05, 3.63) is 322 Å². The first-order valence-corrected chi connectivity index (χ1v) is 42.0. The van der Waals surface area contributed by atoms with Gasteiger partial charge in [-0.3, -0.25) is 43.2 Å². The number of carboxylic acids is 3. The van der Waals surface area contributed by atoms with Crippen LogP contribution in [0.25, 0.3) is 0 Å². The zero-order valence-corrected chi connectivity index (χ0v) is 73.5. The van der Waals surface area contributed by atoms with Crippen molar-refractivity contribution in [2.45, 2.75) is 33.6 Å². The maximum absolute atomic E-state index is 13.1. The van der Waals surface area contributed by atoms with Crippen LogP contribution >= 0.6 is 0 Å². The van der Waals surface area contributed by atoms with Crippen molar-refractivity contribution in [2.24, 2.45) is 0 Å². The van der Waals surface area contributed by atoms with Gasteiger partial charge in [-0.1, -0.05) is 117 Å². The second-order valence-electron chi connectivity index (χ2n) is 30.0. The molecule has 30 nitrogen and oxygen atoms in total. The molecule has 10 aromatic rings. The number of rotatable bonds is 18. The van der Waals surface area contributed by atoms with Crippen LogP contribution < -0.4 is 39.3 Å². The number of aliphatic hydroxyl groups excluding tert-OH is 1. The van der Waals surface area contributed by atoms with E-state index in [1.54, 1.807) is 81.4 Å². The number of anilines is 2. The number of alkyl halides is 1. The first-order valence-electron chi connectivity index (χ1n) is 42.7. The second kappa shape index (κ2) is 57.4. The van der Waals surface area contributed by atoms with Gasteiger partial charge in [-0.2, -0.15) is 0 Å². The summed E-state index contributed by atoms with van der Waals surface area (Å²) in [6.07, 6.45) is 0. The maximum atomic E-state index is 13.1. The number of piperazine rings is 6. The number of aromatic carboxylic acids is 3. The summed E-state index contributed by atoms with van der Waals surface area (Å²) in [5.41, 5.74) is 7.25. The van der Waals surface area contributed by atoms with Gasteiger partial charge >= 0.3 is 42.7 Å². The van der Waals surface area contributed by atoms with Crippen molar-refractivity contribution in [3.63, 3.8) is 0 Å². The molecule has 36 heteroatoms. The Hall–Kier alpha value is -12.8. The van der Waals surface area contributed by atoms with Crippen LogP contribution in [0.4, 0.5) is 33.3 Å². The third-order valence-corrected chi connectivity index (χ3v) is 21.3. The quantitative estimate of drug-likeness (QED) is 0.0276. The zero-order chi connectivity index (χ0) is 93.1. The molecule has 4 aromatic heterocycles. The van der Waals surface area contributed by atoms with E-state index in [2.05, 4.69) is 107 Å². The molecule has 0 spiro atoms. The number of nitrogens with one attached hydrogen (secondary N) is 2. The number of nitrogens with zero attached hydrogens (tertiary/aromatic N) is 14. The van der Waals surface area contributed by atoms with E-state index >= 15 is 0 Å². The average molecular weight is 1820 g/mol. The number of ether oxygens (including phenoxy) is 1. The van der Waals surface area contributed by atoms with Crippen LogP contribution in [0, 0.1) is 23.3 Å². The molecule has 16 rings (SSSR count). The minimum atomic E-state index is -1.24. The van der Waals surface area contributed by atoms with Gasteiger partial charge in [0.1, 0.15) is 68.8 Å². The Bertz CT molecular complexity index is 5170. The minimum absolute atomic E-state index is 0. The number of carboxylic acid groups (broad SMARTS) is 3. The van der Waals surface area contributed by atoms with Crippen molar-refractivity contribution in [1.82, 2.24) is 69.8 Å². The van der Waals surface area contributed by atoms with Crippen LogP contribution in [-0.4, -0.2) is 311 Å². The van der Waals surface area contributed by atoms with Gasteiger partial charge in [0.2, 0.25) is 0 Å². The van der Waals surface area contributed by atoms with Crippen molar-refractivity contribution < 1.29 is 111 Å². The number of pyridine rings is 4. The van der Waals surface area contributed by atoms with Crippen LogP contribution in [0.15, 0.2) is 231 Å². The Labute approximate surface area is 779 Å². The fourth-order valence-corrected chi connectivity index (χ4v) is 14.4. The van der Waals surface area contributed by atoms with Gasteiger partial charge in [0.15, 0.2) is 0 Å². The van der Waals surface area contributed by atoms with Gasteiger partial charge in [0.25, 0.3) is 23.6 Å². The van der Waals surface area contributed by atoms with E-state index in [9.17, 15) is 60.3 Å². The molecular weight excluding hydrogens is 1700 g/mol. The van der Waals surface area contributed by atoms with E-state index in [1.165, 1.54) is 109 Å². The number of hydrogen-bond acceptors (Lipinski definition) is 23. The number of para-hydroxylation sites is 2. The molecule has 6 aliphatic rings. The molecule has 0 radical (unpaired) electrons. The van der Waals surface area contributed by atoms with Crippen LogP contribution in [0.2, 0.25) is 0 Å². The van der Waals surface area contributed by atoms with Crippen LogP contribution in [0.3, 0.4) is 0 Å². The maximum Gasteiger partial charge on any atom is 1.00 e. The molecule has 10 heterocycles. The number of aromatic nitrogens is 4. The normalized spacial score (nSPS) is 15.0. The Morgan fingerprint density at radius 1 is 0.326 bits per heavy atom. The smallest absolute Gasteiger partial charge is 0.870 e. The Balaban J connectivity index is 0.000000252. The molecule has 6 saturated heterocycles. The summed E-state index contributed by atoms with van der Waals surface area (Å²) in [5.74, 6) is -5.84. The number of halogens is 5. The topological polar surface area (TPSA) is 365 Å². The molecule has 0 bridgehead atoms. The Kier molecular flexibility index (Phi) is 46.2. The van der Waals surface area contributed by atoms with Gasteiger partial charge in [-0.05, 0) is 144 Å². The number of carbonyl (C=O) groups is 8. The summed E-state index contributed by atoms with van der Waals surface area (Å²) in [5, 5.41) is 39.5. The first kappa shape index (κ1) is 106. The molecule has 6 fully saturated rings. The molecule has 6 aromatic carbocycles. The second-order valence-corrected chi connectivity index (χ2v) is 30.0. The molecule has 0 unspecified atom stereocenters. The van der Waals surface area contributed by atoms with Crippen LogP contribution in [0.1, 0.15) is 115 Å². The third kappa shape index (κ3) is 34.8. The van der Waals surface area contributed by atoms with Gasteiger partial charge < -0.3 is 70.7 Å². The zero-order valence-electron chi connectivity index (χ0n) is 74.5. The average Bonchev–Trinajstić information content (AvgIpc) is 0.861. The van der Waals surface area contributed by atoms with E-state index in [0.29, 0.717) is 83.4 Å². The van der Waals surface area contributed by atoms with Crippen LogP contribution in [-0.2, 0) is 30.9 Å². The number of aliphatic hydroxyl groups is 1. The number of esters is 1. The van der Waals surface area contributed by atoms with Gasteiger partial charge in [0.05, 0.1) is 15.6 Å². The molecule has 698 valence electrons. The van der Waals surface area contributed by atoms with E-state index in [4.69, 9.17) is 21.8 Å². The largest absolute Gasteiger partial charge is 1.00 e. The van der Waals surface area contributed by atoms with Gasteiger partial charge in [0, 0.05) is 202 Å². The fraction of sp³-hybridized carbons (Fsp3) is 0.333. The Morgan fingerprint density at radius 3 is 0.818 bits per heavy atom. The van der Waals surface area contributed by atoms with Gasteiger partial charge in [-0.25, -0.2) is 56.7 Å². The SMILES string of the molecule is C.CO.COC(=O)c1cccc(C(=O)N2CCN(Cc3ccc(F)cc3)CC2)n1.Fc1ccc(CN2CCNCC2)cc1.O=C(O)c1cccc(C(=O)N2CCN(Cc3ccc(F)cc3)CC2)n1.O=C(O)c1cccc(C(=O)O)n1.O=C(c1cccc(C(=O)N2CCN(c3ccccc3)CC2)n1)N1CCN(Cc2ccc(F)cc2)CC1.[2H]CF.[Li+].[OH-].c1ccc(N2CCNCC2)cc1. The third-order valence-electron chi connectivity index (χ3n) is 21.3. The van der Waals surface area contributed by atoms with Crippen molar-refractivity contribution in [2.75, 3.05) is 188 Å². The molecule has 0 saturated carbocycles. The predicted octanol–water partition coefficient (Wildman–Crippen LogP) is 7.45. The molecule has 7 N–H and O–H groups in total. The standard InChI is InChI=1S/C28H30FN5O2.C19H20FN3O3.C18H18FN3O3.C11H15FN2.C10H14N2.C7H5NO4.CH3F.CH4O.CH4.Li.H2O/c29-23-11-9-22(10-12-23)21-31-13-15-33(16-14-31)27(35)25-7-4-8-26(30-25)28(36)34-19-17-32(18-20-34)24-5-2-1-3-6-24;1-26-19(25)17-4-2-3-16(21-17)18(24)23-11-9-22(10-12-23)13-14-5-7-15(20)8-6-14;19-14-6-4-13(5-7-14)12-21-8-10-22(11-9-21)17(23)15-2-1-3-16(20-15)18(24)25;12-11-3-1-10(2-4-11)9-14-7-5-13-6-8-14;1-2-4-10(5-3-1)12-8-6-11-7-9-12;9-6(10)4-2-1-3-5(8-4)7(11)12;2*1-2;;;/h1-12H,13-21H2;2-8H,9-13H2,1H3;1-7H,8-12H2,(H,24,25);1-4,13H,5-9H2;1-5,11H,6-9H2;1-3H,(H,9,10)(H,11,12);1H3;2H,1H3;1H4;;1H2/q;;;;;;;;;+1;/p-1/i;;;;;;1D;;;;. The van der Waals surface area contributed by atoms with Crippen molar-refractivity contribution >= 4 is 58.9 Å². The summed E-state index contributed by atoms with van der Waals surface area (Å²) in [6, 6.07) is 65.0. The number of methoxy groups -OCH3 is 1. The number of hydrogen-bond donors (Lipinski definition) is 6. The van der Waals surface area contributed by atoms with E-state index in [-0.39, 0.29) is 113 Å². The molecule has 6 aliphatic heterocycles. The summed E-state index contributed by atoms with van der Waals surface area (Å²) in [7, 11) is 1.28. The number of amides is 4. The predicted molar refractivity (Wildman–Crippen MR) is 486 cm³/mol.